The number of aryl methyl sites for hydroxylation is 4. The highest BCUT2D eigenvalue weighted by molar-refractivity contribution is 7.15. The molecular formula is C23H21ClN4O2S. The van der Waals surface area contributed by atoms with Crippen LogP contribution in [0.4, 0.5) is 10.5 Å². The van der Waals surface area contributed by atoms with E-state index in [4.69, 9.17) is 16.3 Å². The molecule has 0 atom stereocenters. The summed E-state index contributed by atoms with van der Waals surface area (Å²) in [6.07, 6.45) is 1.65. The van der Waals surface area contributed by atoms with Crippen molar-refractivity contribution < 1.29 is 9.53 Å². The summed E-state index contributed by atoms with van der Waals surface area (Å²) >= 11 is 7.58. The molecule has 0 aliphatic carbocycles. The van der Waals surface area contributed by atoms with E-state index in [1.165, 1.54) is 11.3 Å². The topological polar surface area (TPSA) is 69.0 Å². The van der Waals surface area contributed by atoms with E-state index >= 15 is 0 Å². The highest BCUT2D eigenvalue weighted by Gasteiger charge is 2.17. The zero-order valence-corrected chi connectivity index (χ0v) is 18.8. The van der Waals surface area contributed by atoms with Crippen LogP contribution in [0.25, 0.3) is 21.6 Å². The van der Waals surface area contributed by atoms with Crippen LogP contribution >= 0.6 is 22.9 Å². The van der Waals surface area contributed by atoms with Gasteiger partial charge in [0.15, 0.2) is 0 Å². The van der Waals surface area contributed by atoms with Gasteiger partial charge in [-0.25, -0.2) is 14.8 Å². The van der Waals surface area contributed by atoms with Crippen molar-refractivity contribution in [1.29, 1.82) is 0 Å². The van der Waals surface area contributed by atoms with Gasteiger partial charge in [0.1, 0.15) is 17.4 Å². The van der Waals surface area contributed by atoms with Crippen LogP contribution in [0, 0.1) is 13.8 Å². The van der Waals surface area contributed by atoms with Crippen LogP contribution in [0.2, 0.25) is 5.02 Å². The SMILES string of the molecule is Cc1cc(Cl)ccc1-c1nc(C)c(COC(=O)Nc2ccc3c(c2)nc2n3CCC2)s1. The molecule has 0 bridgehead atoms. The smallest absolute Gasteiger partial charge is 0.411 e. The Labute approximate surface area is 188 Å². The number of hydrogen-bond acceptors (Lipinski definition) is 5. The molecule has 1 amide bonds. The first kappa shape index (κ1) is 20.0. The number of rotatable bonds is 4. The van der Waals surface area contributed by atoms with Crippen LogP contribution < -0.4 is 5.32 Å². The second kappa shape index (κ2) is 7.98. The molecule has 0 radical (unpaired) electrons. The van der Waals surface area contributed by atoms with Crippen LogP contribution in [0.3, 0.4) is 0 Å². The molecule has 2 aromatic heterocycles. The molecule has 31 heavy (non-hydrogen) atoms. The van der Waals surface area contributed by atoms with E-state index in [1.807, 2.05) is 50.2 Å². The Kier molecular flexibility index (Phi) is 5.16. The maximum atomic E-state index is 12.4. The molecule has 158 valence electrons. The summed E-state index contributed by atoms with van der Waals surface area (Å²) in [5.41, 5.74) is 5.63. The number of amides is 1. The van der Waals surface area contributed by atoms with Crippen LogP contribution in [-0.4, -0.2) is 20.6 Å². The molecule has 4 aromatic rings. The lowest BCUT2D eigenvalue weighted by molar-refractivity contribution is 0.156. The summed E-state index contributed by atoms with van der Waals surface area (Å²) in [5.74, 6) is 1.11. The minimum Gasteiger partial charge on any atom is -0.444 e. The van der Waals surface area contributed by atoms with Gasteiger partial charge in [0.05, 0.1) is 21.6 Å². The molecular weight excluding hydrogens is 432 g/mol. The molecule has 1 aliphatic rings. The quantitative estimate of drug-likeness (QED) is 0.404. The summed E-state index contributed by atoms with van der Waals surface area (Å²) in [7, 11) is 0. The van der Waals surface area contributed by atoms with Gasteiger partial charge in [-0.05, 0) is 56.2 Å². The van der Waals surface area contributed by atoms with Gasteiger partial charge in [-0.2, -0.15) is 0 Å². The van der Waals surface area contributed by atoms with Crippen molar-refractivity contribution in [3.8, 4) is 10.6 Å². The molecule has 3 heterocycles. The fourth-order valence-corrected chi connectivity index (χ4v) is 5.22. The fourth-order valence-electron chi connectivity index (χ4n) is 3.92. The number of hydrogen-bond donors (Lipinski definition) is 1. The molecule has 2 aromatic carbocycles. The number of fused-ring (bicyclic) bond motifs is 3. The number of thiazole rings is 1. The second-order valence-electron chi connectivity index (χ2n) is 7.67. The van der Waals surface area contributed by atoms with E-state index in [9.17, 15) is 4.79 Å². The number of nitrogens with zero attached hydrogens (tertiary/aromatic N) is 3. The van der Waals surface area contributed by atoms with Gasteiger partial charge in [-0.1, -0.05) is 17.7 Å². The number of ether oxygens (including phenoxy) is 1. The molecule has 5 rings (SSSR count). The molecule has 6 nitrogen and oxygen atoms in total. The Hall–Kier alpha value is -2.90. The van der Waals surface area contributed by atoms with E-state index in [0.29, 0.717) is 10.7 Å². The molecule has 1 N–H and O–H groups in total. The third-order valence-corrected chi connectivity index (χ3v) is 6.90. The van der Waals surface area contributed by atoms with E-state index in [0.717, 1.165) is 62.9 Å². The predicted molar refractivity (Wildman–Crippen MR) is 124 cm³/mol. The summed E-state index contributed by atoms with van der Waals surface area (Å²) in [6, 6.07) is 11.5. The molecule has 0 unspecified atom stereocenters. The number of carbonyl (C=O) groups excluding carboxylic acids is 1. The fraction of sp³-hybridized carbons (Fsp3) is 0.261. The van der Waals surface area contributed by atoms with Gasteiger partial charge >= 0.3 is 6.09 Å². The molecule has 0 fully saturated rings. The van der Waals surface area contributed by atoms with E-state index in [-0.39, 0.29) is 6.61 Å². The van der Waals surface area contributed by atoms with Crippen LogP contribution in [0.5, 0.6) is 0 Å². The zero-order chi connectivity index (χ0) is 21.5. The maximum absolute atomic E-state index is 12.4. The normalized spacial score (nSPS) is 12.9. The van der Waals surface area contributed by atoms with Crippen molar-refractivity contribution in [3.05, 3.63) is 63.4 Å². The van der Waals surface area contributed by atoms with Gasteiger partial charge < -0.3 is 9.30 Å². The molecule has 8 heteroatoms. The van der Waals surface area contributed by atoms with Crippen LogP contribution in [0.15, 0.2) is 36.4 Å². The van der Waals surface area contributed by atoms with Crippen molar-refractivity contribution in [2.75, 3.05) is 5.32 Å². The Bertz CT molecular complexity index is 1310. The average molecular weight is 453 g/mol. The predicted octanol–water partition coefficient (Wildman–Crippen LogP) is 6.12. The van der Waals surface area contributed by atoms with Gasteiger partial charge in [-0.15, -0.1) is 11.3 Å². The molecule has 1 aliphatic heterocycles. The van der Waals surface area contributed by atoms with Crippen LogP contribution in [0.1, 0.15) is 28.4 Å². The Morgan fingerprint density at radius 2 is 2.10 bits per heavy atom. The van der Waals surface area contributed by atoms with E-state index in [2.05, 4.69) is 19.9 Å². The molecule has 0 saturated heterocycles. The Morgan fingerprint density at radius 1 is 1.23 bits per heavy atom. The number of benzene rings is 2. The van der Waals surface area contributed by atoms with E-state index < -0.39 is 6.09 Å². The summed E-state index contributed by atoms with van der Waals surface area (Å²) < 4.78 is 7.70. The summed E-state index contributed by atoms with van der Waals surface area (Å²) in [4.78, 5) is 22.6. The van der Waals surface area contributed by atoms with Gasteiger partial charge in [0.2, 0.25) is 0 Å². The zero-order valence-electron chi connectivity index (χ0n) is 17.2. The first-order valence-electron chi connectivity index (χ1n) is 10.1. The second-order valence-corrected chi connectivity index (χ2v) is 9.19. The highest BCUT2D eigenvalue weighted by atomic mass is 35.5. The standard InChI is InChI=1S/C23H21ClN4O2S/c1-13-10-15(24)5-7-17(13)22-25-14(2)20(31-22)12-30-23(29)26-16-6-8-19-18(11-16)27-21-4-3-9-28(19)21/h5-8,10-11H,3-4,9,12H2,1-2H3,(H,26,29). The highest BCUT2D eigenvalue weighted by Crippen LogP contribution is 2.32. The summed E-state index contributed by atoms with van der Waals surface area (Å²) in [5, 5.41) is 4.40. The first-order valence-corrected chi connectivity index (χ1v) is 11.3. The van der Waals surface area contributed by atoms with Crippen molar-refractivity contribution in [1.82, 2.24) is 14.5 Å². The van der Waals surface area contributed by atoms with Crippen molar-refractivity contribution in [3.63, 3.8) is 0 Å². The lowest BCUT2D eigenvalue weighted by atomic mass is 10.1. The van der Waals surface area contributed by atoms with Gasteiger partial charge in [0.25, 0.3) is 0 Å². The van der Waals surface area contributed by atoms with Crippen molar-refractivity contribution >= 4 is 45.8 Å². The van der Waals surface area contributed by atoms with Gasteiger partial charge in [-0.3, -0.25) is 5.32 Å². The Balaban J connectivity index is 1.25. The maximum Gasteiger partial charge on any atom is 0.411 e. The van der Waals surface area contributed by atoms with Crippen molar-refractivity contribution in [2.45, 2.75) is 39.8 Å². The summed E-state index contributed by atoms with van der Waals surface area (Å²) in [6.45, 7) is 5.11. The number of aromatic nitrogens is 3. The number of anilines is 1. The number of carbonyl (C=O) groups is 1. The van der Waals surface area contributed by atoms with Gasteiger partial charge in [0, 0.05) is 29.2 Å². The minimum atomic E-state index is -0.497. The third kappa shape index (κ3) is 3.91. The number of imidazole rings is 1. The average Bonchev–Trinajstić information content (AvgIpc) is 3.40. The number of halogens is 1. The largest absolute Gasteiger partial charge is 0.444 e. The first-order chi connectivity index (χ1) is 15.0. The van der Waals surface area contributed by atoms with Crippen LogP contribution in [-0.2, 0) is 24.3 Å². The third-order valence-electron chi connectivity index (χ3n) is 5.50. The Morgan fingerprint density at radius 3 is 2.94 bits per heavy atom. The monoisotopic (exact) mass is 452 g/mol. The lowest BCUT2D eigenvalue weighted by Crippen LogP contribution is -2.13. The molecule has 0 spiro atoms. The lowest BCUT2D eigenvalue weighted by Gasteiger charge is -2.07. The van der Waals surface area contributed by atoms with Crippen molar-refractivity contribution in [2.24, 2.45) is 0 Å². The molecule has 0 saturated carbocycles. The number of nitrogens with one attached hydrogen (secondary N) is 1. The minimum absolute atomic E-state index is 0.170. The van der Waals surface area contributed by atoms with E-state index in [1.54, 1.807) is 0 Å².